The van der Waals surface area contributed by atoms with Crippen LogP contribution in [0.3, 0.4) is 0 Å². The fourth-order valence-electron chi connectivity index (χ4n) is 1.51. The van der Waals surface area contributed by atoms with E-state index < -0.39 is 17.7 Å². The van der Waals surface area contributed by atoms with Gasteiger partial charge in [0.25, 0.3) is 0 Å². The third-order valence-corrected chi connectivity index (χ3v) is 2.34. The number of carbonyl (C=O) groups excluding carboxylic acids is 3. The summed E-state index contributed by atoms with van der Waals surface area (Å²) in [6, 6.07) is 1.45. The Labute approximate surface area is 123 Å². The SMILES string of the molecule is COC(=O)c1cc(/C=C/C(C)=O)cn1C(=O)OC(C)(C)C. The zero-order chi connectivity index (χ0) is 16.2. The molecule has 0 radical (unpaired) electrons. The first-order chi connectivity index (χ1) is 9.64. The van der Waals surface area contributed by atoms with E-state index in [2.05, 4.69) is 4.74 Å². The molecular weight excluding hydrogens is 274 g/mol. The highest BCUT2D eigenvalue weighted by molar-refractivity contribution is 5.95. The van der Waals surface area contributed by atoms with Crippen LogP contribution in [0.4, 0.5) is 4.79 Å². The summed E-state index contributed by atoms with van der Waals surface area (Å²) in [7, 11) is 1.22. The molecule has 0 aliphatic heterocycles. The smallest absolute Gasteiger partial charge is 0.419 e. The van der Waals surface area contributed by atoms with Crippen LogP contribution in [-0.2, 0) is 14.3 Å². The van der Waals surface area contributed by atoms with Crippen LogP contribution in [0.25, 0.3) is 6.08 Å². The Balaban J connectivity index is 3.19. The molecule has 21 heavy (non-hydrogen) atoms. The minimum atomic E-state index is -0.690. The summed E-state index contributed by atoms with van der Waals surface area (Å²) in [5, 5.41) is 0. The molecule has 6 nitrogen and oxygen atoms in total. The van der Waals surface area contributed by atoms with Gasteiger partial charge in [-0.25, -0.2) is 14.2 Å². The number of hydrogen-bond donors (Lipinski definition) is 0. The Morgan fingerprint density at radius 3 is 2.33 bits per heavy atom. The van der Waals surface area contributed by atoms with Crippen molar-refractivity contribution in [3.8, 4) is 0 Å². The van der Waals surface area contributed by atoms with Crippen molar-refractivity contribution in [3.05, 3.63) is 29.6 Å². The zero-order valence-corrected chi connectivity index (χ0v) is 12.8. The van der Waals surface area contributed by atoms with E-state index in [0.29, 0.717) is 5.56 Å². The Kier molecular flexibility index (Phi) is 5.07. The molecule has 0 saturated carbocycles. The first-order valence-electron chi connectivity index (χ1n) is 6.37. The van der Waals surface area contributed by atoms with E-state index in [0.717, 1.165) is 4.57 Å². The molecule has 1 aromatic rings. The molecular formula is C15H19NO5. The fourth-order valence-corrected chi connectivity index (χ4v) is 1.51. The minimum absolute atomic E-state index is 0.0370. The van der Waals surface area contributed by atoms with Gasteiger partial charge in [0.1, 0.15) is 11.3 Å². The van der Waals surface area contributed by atoms with Gasteiger partial charge in [0.15, 0.2) is 5.78 Å². The molecule has 0 aliphatic carbocycles. The summed E-state index contributed by atoms with van der Waals surface area (Å²) in [4.78, 5) is 34.8. The quantitative estimate of drug-likeness (QED) is 0.632. The molecule has 1 heterocycles. The normalized spacial score (nSPS) is 11.5. The van der Waals surface area contributed by atoms with Gasteiger partial charge in [-0.05, 0) is 51.5 Å². The average molecular weight is 293 g/mol. The van der Waals surface area contributed by atoms with Gasteiger partial charge in [-0.1, -0.05) is 0 Å². The maximum Gasteiger partial charge on any atom is 0.419 e. The Morgan fingerprint density at radius 1 is 1.24 bits per heavy atom. The summed E-state index contributed by atoms with van der Waals surface area (Å²) >= 11 is 0. The van der Waals surface area contributed by atoms with Gasteiger partial charge in [0.2, 0.25) is 0 Å². The lowest BCUT2D eigenvalue weighted by Gasteiger charge is -2.20. The molecule has 0 fully saturated rings. The lowest BCUT2D eigenvalue weighted by molar-refractivity contribution is -0.112. The van der Waals surface area contributed by atoms with Crippen molar-refractivity contribution in [3.63, 3.8) is 0 Å². The number of rotatable bonds is 3. The topological polar surface area (TPSA) is 74.6 Å². The van der Waals surface area contributed by atoms with Crippen molar-refractivity contribution >= 4 is 23.9 Å². The third kappa shape index (κ3) is 4.91. The van der Waals surface area contributed by atoms with Crippen molar-refractivity contribution in [2.45, 2.75) is 33.3 Å². The van der Waals surface area contributed by atoms with Crippen LogP contribution in [0.5, 0.6) is 0 Å². The largest absolute Gasteiger partial charge is 0.464 e. The molecule has 1 rings (SSSR count). The van der Waals surface area contributed by atoms with Crippen LogP contribution in [0.1, 0.15) is 43.7 Å². The highest BCUT2D eigenvalue weighted by Gasteiger charge is 2.23. The van der Waals surface area contributed by atoms with E-state index in [1.165, 1.54) is 38.4 Å². The molecule has 0 bridgehead atoms. The Bertz CT molecular complexity index is 590. The Hall–Kier alpha value is -2.37. The lowest BCUT2D eigenvalue weighted by atomic mass is 10.2. The van der Waals surface area contributed by atoms with Crippen molar-refractivity contribution in [1.82, 2.24) is 4.57 Å². The molecule has 0 N–H and O–H groups in total. The van der Waals surface area contributed by atoms with Gasteiger partial charge in [-0.2, -0.15) is 0 Å². The van der Waals surface area contributed by atoms with E-state index in [-0.39, 0.29) is 11.5 Å². The van der Waals surface area contributed by atoms with Gasteiger partial charge < -0.3 is 9.47 Å². The third-order valence-electron chi connectivity index (χ3n) is 2.34. The molecule has 6 heteroatoms. The maximum absolute atomic E-state index is 12.1. The highest BCUT2D eigenvalue weighted by atomic mass is 16.6. The van der Waals surface area contributed by atoms with Crippen LogP contribution in [0.15, 0.2) is 18.3 Å². The predicted molar refractivity (Wildman–Crippen MR) is 77.1 cm³/mol. The van der Waals surface area contributed by atoms with Gasteiger partial charge in [-0.15, -0.1) is 0 Å². The van der Waals surface area contributed by atoms with Crippen LogP contribution in [-0.4, -0.2) is 35.1 Å². The summed E-state index contributed by atoms with van der Waals surface area (Å²) < 4.78 is 10.9. The second-order valence-electron chi connectivity index (χ2n) is 5.44. The van der Waals surface area contributed by atoms with E-state index in [9.17, 15) is 14.4 Å². The molecule has 0 amide bonds. The van der Waals surface area contributed by atoms with E-state index in [1.807, 2.05) is 0 Å². The van der Waals surface area contributed by atoms with Crippen LogP contribution < -0.4 is 0 Å². The molecule has 114 valence electrons. The molecule has 0 aromatic carbocycles. The maximum atomic E-state index is 12.1. The fraction of sp³-hybridized carbons (Fsp3) is 0.400. The van der Waals surface area contributed by atoms with E-state index in [4.69, 9.17) is 4.74 Å². The number of esters is 1. The number of carbonyl (C=O) groups is 3. The first-order valence-corrected chi connectivity index (χ1v) is 6.37. The minimum Gasteiger partial charge on any atom is -0.464 e. The van der Waals surface area contributed by atoms with Gasteiger partial charge in [0.05, 0.1) is 7.11 Å². The number of aromatic nitrogens is 1. The van der Waals surface area contributed by atoms with E-state index in [1.54, 1.807) is 20.8 Å². The highest BCUT2D eigenvalue weighted by Crippen LogP contribution is 2.16. The summed E-state index contributed by atoms with van der Waals surface area (Å²) in [5.74, 6) is -0.803. The second-order valence-corrected chi connectivity index (χ2v) is 5.44. The predicted octanol–water partition coefficient (Wildman–Crippen LogP) is 2.66. The summed E-state index contributed by atoms with van der Waals surface area (Å²) in [6.45, 7) is 6.58. The number of allylic oxidation sites excluding steroid dienone is 1. The van der Waals surface area contributed by atoms with Gasteiger partial charge in [0, 0.05) is 6.20 Å². The monoisotopic (exact) mass is 293 g/mol. The number of ether oxygens (including phenoxy) is 2. The molecule has 0 aliphatic rings. The van der Waals surface area contributed by atoms with Crippen molar-refractivity contribution in [1.29, 1.82) is 0 Å². The van der Waals surface area contributed by atoms with E-state index >= 15 is 0 Å². The van der Waals surface area contributed by atoms with Crippen molar-refractivity contribution in [2.24, 2.45) is 0 Å². The van der Waals surface area contributed by atoms with Crippen LogP contribution in [0.2, 0.25) is 0 Å². The molecule has 0 spiro atoms. The number of nitrogens with zero attached hydrogens (tertiary/aromatic N) is 1. The second kappa shape index (κ2) is 6.39. The molecule has 0 atom stereocenters. The van der Waals surface area contributed by atoms with Gasteiger partial charge in [-0.3, -0.25) is 4.79 Å². The number of ketones is 1. The molecule has 0 unspecified atom stereocenters. The lowest BCUT2D eigenvalue weighted by Crippen LogP contribution is -2.28. The van der Waals surface area contributed by atoms with Crippen LogP contribution in [0, 0.1) is 0 Å². The molecule has 1 aromatic heterocycles. The van der Waals surface area contributed by atoms with Gasteiger partial charge >= 0.3 is 12.1 Å². The standard InChI is InChI=1S/C15H19NO5/c1-10(17)6-7-11-8-12(13(18)20-5)16(9-11)14(19)21-15(2,3)4/h6-9H,1-5H3/b7-6+. The first kappa shape index (κ1) is 16.7. The molecule has 0 saturated heterocycles. The average Bonchev–Trinajstić information content (AvgIpc) is 2.77. The Morgan fingerprint density at radius 2 is 1.86 bits per heavy atom. The number of hydrogen-bond acceptors (Lipinski definition) is 5. The number of methoxy groups -OCH3 is 1. The van der Waals surface area contributed by atoms with Crippen LogP contribution >= 0.6 is 0 Å². The summed E-state index contributed by atoms with van der Waals surface area (Å²) in [5.41, 5.74) is -0.129. The van der Waals surface area contributed by atoms with Crippen molar-refractivity contribution in [2.75, 3.05) is 7.11 Å². The summed E-state index contributed by atoms with van der Waals surface area (Å²) in [6.07, 6.45) is 3.58. The zero-order valence-electron chi connectivity index (χ0n) is 12.8. The van der Waals surface area contributed by atoms with Crippen molar-refractivity contribution < 1.29 is 23.9 Å².